The third-order valence-corrected chi connectivity index (χ3v) is 3.00. The van der Waals surface area contributed by atoms with E-state index < -0.39 is 0 Å². The van der Waals surface area contributed by atoms with E-state index in [0.29, 0.717) is 0 Å². The lowest BCUT2D eigenvalue weighted by molar-refractivity contribution is 0.857. The average molecular weight is 320 g/mol. The van der Waals surface area contributed by atoms with Gasteiger partial charge in [0, 0.05) is 14.3 Å². The number of terminal acetylenes is 1. The summed E-state index contributed by atoms with van der Waals surface area (Å²) in [6.07, 6.45) is 6.28. The fourth-order valence-electron chi connectivity index (χ4n) is 1.06. The minimum atomic E-state index is 0.0877. The number of rotatable bonds is 3. The molecule has 0 aliphatic carbocycles. The van der Waals surface area contributed by atoms with Crippen LogP contribution in [-0.4, -0.2) is 6.04 Å². The second-order valence-corrected chi connectivity index (χ2v) is 4.49. The Labute approximate surface area is 103 Å². The van der Waals surface area contributed by atoms with Crippen molar-refractivity contribution in [3.05, 3.63) is 26.8 Å². The van der Waals surface area contributed by atoms with Gasteiger partial charge in [0.15, 0.2) is 0 Å². The van der Waals surface area contributed by atoms with Crippen molar-refractivity contribution < 1.29 is 0 Å². The molecule has 1 unspecified atom stereocenters. The summed E-state index contributed by atoms with van der Waals surface area (Å²) < 4.78 is 1.09. The maximum absolute atomic E-state index is 5.85. The summed E-state index contributed by atoms with van der Waals surface area (Å²) in [4.78, 5) is 0. The van der Waals surface area contributed by atoms with E-state index in [2.05, 4.69) is 40.8 Å². The normalized spacial score (nSPS) is 11.9. The Morgan fingerprint density at radius 3 is 2.86 bits per heavy atom. The monoisotopic (exact) mass is 319 g/mol. The molecule has 0 radical (unpaired) electrons. The molecule has 0 aliphatic heterocycles. The van der Waals surface area contributed by atoms with Gasteiger partial charge in [-0.3, -0.25) is 0 Å². The summed E-state index contributed by atoms with van der Waals surface area (Å²) in [7, 11) is 0. The number of anilines is 1. The molecule has 0 fully saturated rings. The van der Waals surface area contributed by atoms with Crippen LogP contribution in [0.5, 0.6) is 0 Å². The Morgan fingerprint density at radius 1 is 1.64 bits per heavy atom. The van der Waals surface area contributed by atoms with Crippen LogP contribution in [0.3, 0.4) is 0 Å². The molecule has 0 spiro atoms. The SMILES string of the molecule is C#CC(CC)Nc1ccc(Cl)cc1I. The fraction of sp³-hybridized carbons (Fsp3) is 0.273. The van der Waals surface area contributed by atoms with Crippen molar-refractivity contribution in [1.29, 1.82) is 0 Å². The summed E-state index contributed by atoms with van der Waals surface area (Å²) >= 11 is 8.08. The summed E-state index contributed by atoms with van der Waals surface area (Å²) in [6, 6.07) is 5.80. The van der Waals surface area contributed by atoms with Crippen molar-refractivity contribution in [2.75, 3.05) is 5.32 Å². The van der Waals surface area contributed by atoms with Gasteiger partial charge in [0.1, 0.15) is 0 Å². The molecule has 0 amide bonds. The first kappa shape index (κ1) is 11.7. The van der Waals surface area contributed by atoms with Crippen LogP contribution in [0.2, 0.25) is 5.02 Å². The molecule has 0 bridgehead atoms. The Morgan fingerprint density at radius 2 is 2.36 bits per heavy atom. The Bertz CT molecular complexity index is 357. The topological polar surface area (TPSA) is 12.0 Å². The number of hydrogen-bond acceptors (Lipinski definition) is 1. The van der Waals surface area contributed by atoms with Crippen molar-refractivity contribution in [3.8, 4) is 12.3 Å². The molecule has 1 nitrogen and oxygen atoms in total. The van der Waals surface area contributed by atoms with Gasteiger partial charge in [0.05, 0.1) is 6.04 Å². The molecule has 1 rings (SSSR count). The zero-order valence-electron chi connectivity index (χ0n) is 7.85. The predicted molar refractivity (Wildman–Crippen MR) is 70.7 cm³/mol. The highest BCUT2D eigenvalue weighted by Gasteiger charge is 2.04. The van der Waals surface area contributed by atoms with Crippen LogP contribution in [-0.2, 0) is 0 Å². The second-order valence-electron chi connectivity index (χ2n) is 2.90. The molecule has 0 aromatic heterocycles. The molecule has 1 aromatic carbocycles. The molecule has 0 heterocycles. The van der Waals surface area contributed by atoms with Crippen LogP contribution in [0.1, 0.15) is 13.3 Å². The van der Waals surface area contributed by atoms with E-state index in [1.165, 1.54) is 0 Å². The minimum absolute atomic E-state index is 0.0877. The maximum atomic E-state index is 5.85. The van der Waals surface area contributed by atoms with Crippen LogP contribution in [0.25, 0.3) is 0 Å². The molecule has 3 heteroatoms. The lowest BCUT2D eigenvalue weighted by Crippen LogP contribution is -2.16. The first-order chi connectivity index (χ1) is 6.67. The molecule has 0 saturated heterocycles. The molecule has 14 heavy (non-hydrogen) atoms. The van der Waals surface area contributed by atoms with Gasteiger partial charge in [0.2, 0.25) is 0 Å². The van der Waals surface area contributed by atoms with E-state index in [0.717, 1.165) is 20.7 Å². The van der Waals surface area contributed by atoms with E-state index in [1.807, 2.05) is 18.2 Å². The first-order valence-corrected chi connectivity index (χ1v) is 5.80. The molecule has 1 N–H and O–H groups in total. The largest absolute Gasteiger partial charge is 0.371 e. The molecule has 1 aromatic rings. The van der Waals surface area contributed by atoms with Gasteiger partial charge >= 0.3 is 0 Å². The average Bonchev–Trinajstić information content (AvgIpc) is 2.17. The minimum Gasteiger partial charge on any atom is -0.371 e. The molecule has 0 saturated carbocycles. The van der Waals surface area contributed by atoms with Gasteiger partial charge in [-0.2, -0.15) is 0 Å². The summed E-state index contributed by atoms with van der Waals surface area (Å²) in [5.41, 5.74) is 1.04. The van der Waals surface area contributed by atoms with Gasteiger partial charge in [-0.15, -0.1) is 6.42 Å². The third-order valence-electron chi connectivity index (χ3n) is 1.87. The standard InChI is InChI=1S/C11H11ClIN/c1-3-9(4-2)14-11-6-5-8(12)7-10(11)13/h1,5-7,9,14H,4H2,2H3. The molecular formula is C11H11ClIN. The van der Waals surface area contributed by atoms with E-state index in [9.17, 15) is 0 Å². The highest BCUT2D eigenvalue weighted by Crippen LogP contribution is 2.23. The summed E-state index contributed by atoms with van der Waals surface area (Å²) in [6.45, 7) is 2.06. The van der Waals surface area contributed by atoms with Gasteiger partial charge in [0.25, 0.3) is 0 Å². The molecular weight excluding hydrogens is 308 g/mol. The predicted octanol–water partition coefficient (Wildman–Crippen LogP) is 3.77. The van der Waals surface area contributed by atoms with Crippen molar-refractivity contribution in [2.45, 2.75) is 19.4 Å². The second kappa shape index (κ2) is 5.47. The highest BCUT2D eigenvalue weighted by molar-refractivity contribution is 14.1. The lowest BCUT2D eigenvalue weighted by atomic mass is 10.2. The number of nitrogens with one attached hydrogen (secondary N) is 1. The zero-order valence-corrected chi connectivity index (χ0v) is 10.8. The van der Waals surface area contributed by atoms with E-state index in [-0.39, 0.29) is 6.04 Å². The van der Waals surface area contributed by atoms with Crippen molar-refractivity contribution in [2.24, 2.45) is 0 Å². The number of benzene rings is 1. The lowest BCUT2D eigenvalue weighted by Gasteiger charge is -2.13. The smallest absolute Gasteiger partial charge is 0.0871 e. The van der Waals surface area contributed by atoms with Crippen LogP contribution < -0.4 is 5.32 Å². The van der Waals surface area contributed by atoms with Crippen molar-refractivity contribution in [1.82, 2.24) is 0 Å². The third kappa shape index (κ3) is 3.07. The van der Waals surface area contributed by atoms with Crippen LogP contribution in [0, 0.1) is 15.9 Å². The van der Waals surface area contributed by atoms with E-state index in [4.69, 9.17) is 18.0 Å². The number of hydrogen-bond donors (Lipinski definition) is 1. The number of halogens is 2. The van der Waals surface area contributed by atoms with Crippen molar-refractivity contribution in [3.63, 3.8) is 0 Å². The Kier molecular flexibility index (Phi) is 4.56. The fourth-order valence-corrected chi connectivity index (χ4v) is 2.08. The van der Waals surface area contributed by atoms with Crippen LogP contribution in [0.4, 0.5) is 5.69 Å². The maximum Gasteiger partial charge on any atom is 0.0871 e. The summed E-state index contributed by atoms with van der Waals surface area (Å²) in [5, 5.41) is 4.02. The van der Waals surface area contributed by atoms with Gasteiger partial charge in [-0.25, -0.2) is 0 Å². The van der Waals surface area contributed by atoms with Gasteiger partial charge in [-0.05, 0) is 47.2 Å². The quantitative estimate of drug-likeness (QED) is 0.660. The van der Waals surface area contributed by atoms with Crippen LogP contribution in [0.15, 0.2) is 18.2 Å². The highest BCUT2D eigenvalue weighted by atomic mass is 127. The Balaban J connectivity index is 2.82. The van der Waals surface area contributed by atoms with Gasteiger partial charge < -0.3 is 5.32 Å². The van der Waals surface area contributed by atoms with Crippen molar-refractivity contribution >= 4 is 39.9 Å². The molecule has 0 aliphatic rings. The van der Waals surface area contributed by atoms with Crippen LogP contribution >= 0.6 is 34.2 Å². The van der Waals surface area contributed by atoms with Gasteiger partial charge in [-0.1, -0.05) is 24.4 Å². The van der Waals surface area contributed by atoms with E-state index >= 15 is 0 Å². The summed E-state index contributed by atoms with van der Waals surface area (Å²) in [5.74, 6) is 2.69. The molecule has 74 valence electrons. The Hall–Kier alpha value is -0.400. The zero-order chi connectivity index (χ0) is 10.6. The molecule has 1 atom stereocenters. The van der Waals surface area contributed by atoms with E-state index in [1.54, 1.807) is 0 Å². The first-order valence-electron chi connectivity index (χ1n) is 4.35.